The first-order valence-corrected chi connectivity index (χ1v) is 10.9. The van der Waals surface area contributed by atoms with Crippen molar-refractivity contribution in [1.29, 1.82) is 0 Å². The average molecular weight is 436 g/mol. The van der Waals surface area contributed by atoms with Gasteiger partial charge in [-0.3, -0.25) is 14.9 Å². The molecule has 3 aromatic rings. The Kier molecular flexibility index (Phi) is 5.31. The summed E-state index contributed by atoms with van der Waals surface area (Å²) in [5, 5.41) is 5.21. The fourth-order valence-corrected chi connectivity index (χ4v) is 4.51. The fourth-order valence-electron chi connectivity index (χ4n) is 3.78. The van der Waals surface area contributed by atoms with E-state index in [-0.39, 0.29) is 18.4 Å². The standard InChI is InChI=1S/C24H25N3O3S/c1-14-7-6-8-20(15(14)2)30-12-21(28)26-23-25-18(13-31-23)16-9-10-19-17(11-16)24(3,4)22(29)27(19)5/h6-11,13H,12H2,1-5H3,(H,25,26,28). The summed E-state index contributed by atoms with van der Waals surface area (Å²) in [5.41, 5.74) is 5.15. The Bertz CT molecular complexity index is 1180. The monoisotopic (exact) mass is 435 g/mol. The number of aromatic nitrogens is 1. The van der Waals surface area contributed by atoms with Gasteiger partial charge < -0.3 is 9.64 Å². The first-order chi connectivity index (χ1) is 14.7. The summed E-state index contributed by atoms with van der Waals surface area (Å²) in [6, 6.07) is 11.7. The number of carbonyl (C=O) groups is 2. The van der Waals surface area contributed by atoms with E-state index in [1.807, 2.05) is 69.5 Å². The Morgan fingerprint density at radius 2 is 2.00 bits per heavy atom. The largest absolute Gasteiger partial charge is 0.483 e. The third-order valence-electron chi connectivity index (χ3n) is 5.83. The van der Waals surface area contributed by atoms with Gasteiger partial charge in [-0.1, -0.05) is 18.2 Å². The maximum Gasteiger partial charge on any atom is 0.264 e. The molecule has 7 heteroatoms. The van der Waals surface area contributed by atoms with Gasteiger partial charge in [0, 0.05) is 23.7 Å². The number of fused-ring (bicyclic) bond motifs is 1. The van der Waals surface area contributed by atoms with Crippen molar-refractivity contribution < 1.29 is 14.3 Å². The molecule has 2 amide bonds. The highest BCUT2D eigenvalue weighted by Crippen LogP contribution is 2.42. The second-order valence-electron chi connectivity index (χ2n) is 8.29. The van der Waals surface area contributed by atoms with Gasteiger partial charge in [0.1, 0.15) is 5.75 Å². The van der Waals surface area contributed by atoms with Gasteiger partial charge in [-0.05, 0) is 62.6 Å². The Morgan fingerprint density at radius 1 is 1.23 bits per heavy atom. The van der Waals surface area contributed by atoms with Gasteiger partial charge in [0.05, 0.1) is 11.1 Å². The number of anilines is 2. The van der Waals surface area contributed by atoms with Crippen molar-refractivity contribution in [3.05, 3.63) is 58.5 Å². The topological polar surface area (TPSA) is 71.5 Å². The van der Waals surface area contributed by atoms with Crippen molar-refractivity contribution in [2.75, 3.05) is 23.9 Å². The Balaban J connectivity index is 1.46. The van der Waals surface area contributed by atoms with Crippen LogP contribution >= 0.6 is 11.3 Å². The molecule has 0 radical (unpaired) electrons. The first kappa shape index (κ1) is 21.1. The van der Waals surface area contributed by atoms with Gasteiger partial charge in [0.2, 0.25) is 5.91 Å². The molecule has 0 aliphatic carbocycles. The minimum Gasteiger partial charge on any atom is -0.483 e. The van der Waals surface area contributed by atoms with E-state index in [0.717, 1.165) is 33.6 Å². The molecule has 0 fully saturated rings. The van der Waals surface area contributed by atoms with Crippen LogP contribution in [0.2, 0.25) is 0 Å². The molecule has 0 saturated carbocycles. The summed E-state index contributed by atoms with van der Waals surface area (Å²) >= 11 is 1.36. The minimum atomic E-state index is -0.571. The van der Waals surface area contributed by atoms with Gasteiger partial charge >= 0.3 is 0 Å². The van der Waals surface area contributed by atoms with Crippen LogP contribution in [0.1, 0.15) is 30.5 Å². The highest BCUT2D eigenvalue weighted by molar-refractivity contribution is 7.14. The molecule has 6 nitrogen and oxygen atoms in total. The molecular weight excluding hydrogens is 410 g/mol. The molecule has 0 saturated heterocycles. The zero-order chi connectivity index (χ0) is 22.3. The van der Waals surface area contributed by atoms with Crippen LogP contribution in [-0.4, -0.2) is 30.5 Å². The van der Waals surface area contributed by atoms with E-state index < -0.39 is 5.41 Å². The van der Waals surface area contributed by atoms with Crippen LogP contribution in [0.3, 0.4) is 0 Å². The number of nitrogens with zero attached hydrogens (tertiary/aromatic N) is 2. The van der Waals surface area contributed by atoms with Gasteiger partial charge in [-0.2, -0.15) is 0 Å². The number of benzene rings is 2. The zero-order valence-corrected chi connectivity index (χ0v) is 19.1. The molecule has 1 aliphatic rings. The summed E-state index contributed by atoms with van der Waals surface area (Å²) in [7, 11) is 1.80. The Morgan fingerprint density at radius 3 is 2.77 bits per heavy atom. The van der Waals surface area contributed by atoms with E-state index in [0.29, 0.717) is 10.9 Å². The van der Waals surface area contributed by atoms with Gasteiger partial charge in [0.15, 0.2) is 11.7 Å². The van der Waals surface area contributed by atoms with Crippen LogP contribution in [0.5, 0.6) is 5.75 Å². The number of aryl methyl sites for hydroxylation is 1. The van der Waals surface area contributed by atoms with Crippen LogP contribution < -0.4 is 15.0 Å². The molecule has 0 bridgehead atoms. The van der Waals surface area contributed by atoms with E-state index >= 15 is 0 Å². The summed E-state index contributed by atoms with van der Waals surface area (Å²) in [5.74, 6) is 0.522. The molecule has 1 N–H and O–H groups in total. The number of thiazole rings is 1. The predicted molar refractivity (Wildman–Crippen MR) is 124 cm³/mol. The van der Waals surface area contributed by atoms with Crippen molar-refractivity contribution in [2.45, 2.75) is 33.1 Å². The van der Waals surface area contributed by atoms with E-state index in [4.69, 9.17) is 4.74 Å². The van der Waals surface area contributed by atoms with Crippen molar-refractivity contribution in [3.8, 4) is 17.0 Å². The normalized spacial score (nSPS) is 14.5. The molecule has 0 spiro atoms. The summed E-state index contributed by atoms with van der Waals surface area (Å²) < 4.78 is 5.66. The number of rotatable bonds is 5. The number of carbonyl (C=O) groups excluding carboxylic acids is 2. The molecule has 0 atom stereocenters. The number of hydrogen-bond acceptors (Lipinski definition) is 5. The molecule has 160 valence electrons. The van der Waals surface area contributed by atoms with Crippen molar-refractivity contribution in [1.82, 2.24) is 4.98 Å². The second-order valence-corrected chi connectivity index (χ2v) is 9.15. The second kappa shape index (κ2) is 7.81. The number of amides is 2. The predicted octanol–water partition coefficient (Wildman–Crippen LogP) is 4.70. The quantitative estimate of drug-likeness (QED) is 0.631. The molecular formula is C24H25N3O3S. The number of likely N-dealkylation sites (N-methyl/N-ethyl adjacent to an activating group) is 1. The van der Waals surface area contributed by atoms with E-state index in [9.17, 15) is 9.59 Å². The lowest BCUT2D eigenvalue weighted by molar-refractivity contribution is -0.121. The van der Waals surface area contributed by atoms with E-state index in [1.165, 1.54) is 11.3 Å². The van der Waals surface area contributed by atoms with Crippen LogP contribution in [0.15, 0.2) is 41.8 Å². The first-order valence-electron chi connectivity index (χ1n) is 10.1. The highest BCUT2D eigenvalue weighted by atomic mass is 32.1. The zero-order valence-electron chi connectivity index (χ0n) is 18.3. The third kappa shape index (κ3) is 3.81. The number of ether oxygens (including phenoxy) is 1. The SMILES string of the molecule is Cc1cccc(OCC(=O)Nc2nc(-c3ccc4c(c3)C(C)(C)C(=O)N4C)cs2)c1C. The Hall–Kier alpha value is -3.19. The van der Waals surface area contributed by atoms with Crippen molar-refractivity contribution >= 4 is 34.0 Å². The molecule has 1 aromatic heterocycles. The van der Waals surface area contributed by atoms with Crippen LogP contribution in [-0.2, 0) is 15.0 Å². The summed E-state index contributed by atoms with van der Waals surface area (Å²) in [6.45, 7) is 7.77. The lowest BCUT2D eigenvalue weighted by atomic mass is 9.85. The maximum atomic E-state index is 12.5. The molecule has 2 heterocycles. The van der Waals surface area contributed by atoms with Crippen LogP contribution in [0.4, 0.5) is 10.8 Å². The van der Waals surface area contributed by atoms with E-state index in [1.54, 1.807) is 11.9 Å². The van der Waals surface area contributed by atoms with Crippen molar-refractivity contribution in [2.24, 2.45) is 0 Å². The fraction of sp³-hybridized carbons (Fsp3) is 0.292. The van der Waals surface area contributed by atoms with Crippen molar-refractivity contribution in [3.63, 3.8) is 0 Å². The lowest BCUT2D eigenvalue weighted by Crippen LogP contribution is -2.33. The molecule has 4 rings (SSSR count). The Labute approximate surface area is 185 Å². The summed E-state index contributed by atoms with van der Waals surface area (Å²) in [6.07, 6.45) is 0. The number of nitrogens with one attached hydrogen (secondary N) is 1. The third-order valence-corrected chi connectivity index (χ3v) is 6.59. The van der Waals surface area contributed by atoms with Gasteiger partial charge in [-0.25, -0.2) is 4.98 Å². The van der Waals surface area contributed by atoms with Crippen LogP contribution in [0.25, 0.3) is 11.3 Å². The maximum absolute atomic E-state index is 12.5. The van der Waals surface area contributed by atoms with Gasteiger partial charge in [-0.15, -0.1) is 11.3 Å². The minimum absolute atomic E-state index is 0.0785. The molecule has 31 heavy (non-hydrogen) atoms. The molecule has 2 aromatic carbocycles. The van der Waals surface area contributed by atoms with Crippen LogP contribution in [0, 0.1) is 13.8 Å². The summed E-state index contributed by atoms with van der Waals surface area (Å²) in [4.78, 5) is 31.1. The average Bonchev–Trinajstić information content (AvgIpc) is 3.27. The number of hydrogen-bond donors (Lipinski definition) is 1. The lowest BCUT2D eigenvalue weighted by Gasteiger charge is -2.16. The smallest absolute Gasteiger partial charge is 0.264 e. The van der Waals surface area contributed by atoms with Gasteiger partial charge in [0.25, 0.3) is 5.91 Å². The molecule has 1 aliphatic heterocycles. The highest BCUT2D eigenvalue weighted by Gasteiger charge is 2.42. The van der Waals surface area contributed by atoms with E-state index in [2.05, 4.69) is 10.3 Å². The molecule has 0 unspecified atom stereocenters.